The number of nitrogens with zero attached hydrogens (tertiary/aromatic N) is 4. The van der Waals surface area contributed by atoms with Crippen LogP contribution in [0.2, 0.25) is 0 Å². The molecule has 0 bridgehead atoms. The van der Waals surface area contributed by atoms with Gasteiger partial charge in [-0.1, -0.05) is 214 Å². The van der Waals surface area contributed by atoms with Crippen molar-refractivity contribution in [3.8, 4) is 50.2 Å². The van der Waals surface area contributed by atoms with E-state index in [0.29, 0.717) is 5.84 Å². The van der Waals surface area contributed by atoms with Gasteiger partial charge < -0.3 is 14.8 Å². The Morgan fingerprint density at radius 3 is 1.49 bits per heavy atom. The lowest BCUT2D eigenvalue weighted by atomic mass is 9.82. The average molecular weight is 988 g/mol. The van der Waals surface area contributed by atoms with Crippen molar-refractivity contribution in [1.82, 2.24) is 9.88 Å². The molecule has 1 N–H and O–H groups in total. The summed E-state index contributed by atoms with van der Waals surface area (Å²) in [7, 11) is 0. The van der Waals surface area contributed by atoms with Gasteiger partial charge in [0, 0.05) is 50.1 Å². The maximum atomic E-state index is 5.27. The molecule has 366 valence electrons. The Labute approximate surface area is 449 Å². The molecular formula is C72H53N5. The van der Waals surface area contributed by atoms with Crippen LogP contribution in [-0.4, -0.2) is 16.2 Å². The first-order chi connectivity index (χ1) is 37.9. The second-order valence-corrected chi connectivity index (χ2v) is 20.6. The van der Waals surface area contributed by atoms with Gasteiger partial charge in [-0.25, -0.2) is 9.98 Å². The summed E-state index contributed by atoms with van der Waals surface area (Å²) < 4.78 is 2.45. The summed E-state index contributed by atoms with van der Waals surface area (Å²) in [5.74, 6) is 1.49. The van der Waals surface area contributed by atoms with Gasteiger partial charge in [-0.3, -0.25) is 0 Å². The predicted octanol–water partition coefficient (Wildman–Crippen LogP) is 18.1. The Hall–Kier alpha value is -9.84. The minimum atomic E-state index is -0.296. The van der Waals surface area contributed by atoms with Gasteiger partial charge in [0.1, 0.15) is 12.0 Å². The molecule has 1 unspecified atom stereocenters. The van der Waals surface area contributed by atoms with Gasteiger partial charge in [0.25, 0.3) is 0 Å². The van der Waals surface area contributed by atoms with E-state index in [9.17, 15) is 0 Å². The van der Waals surface area contributed by atoms with Crippen molar-refractivity contribution in [3.05, 3.63) is 301 Å². The fourth-order valence-electron chi connectivity index (χ4n) is 11.7. The van der Waals surface area contributed by atoms with E-state index in [1.807, 2.05) is 12.1 Å². The van der Waals surface area contributed by atoms with Crippen molar-refractivity contribution in [2.75, 3.05) is 4.90 Å². The molecule has 11 aromatic carbocycles. The highest BCUT2D eigenvalue weighted by atomic mass is 15.2. The molecule has 2 heterocycles. The van der Waals surface area contributed by atoms with Crippen LogP contribution in [0.25, 0.3) is 72.0 Å². The molecule has 0 radical (unpaired) electrons. The number of anilines is 3. The van der Waals surface area contributed by atoms with Gasteiger partial charge in [-0.15, -0.1) is 0 Å². The van der Waals surface area contributed by atoms with E-state index in [1.165, 1.54) is 60.8 Å². The normalized spacial score (nSPS) is 14.3. The third-order valence-corrected chi connectivity index (χ3v) is 15.7. The first kappa shape index (κ1) is 45.7. The van der Waals surface area contributed by atoms with Crippen LogP contribution in [0.15, 0.2) is 283 Å². The SMILES string of the molecule is CC1(C)c2ccccc2-c2cc3c4cc(-c5ccc(N(c6ccc(-c7ccccc7)cc6)c6ccc(-c7ccccc7)cc6)cc5)ccc4n(-c4cccc(C5=NC(c6ccccc6)NC(c6ccccc6)=N5)c4)c3cc21. The van der Waals surface area contributed by atoms with Crippen LogP contribution < -0.4 is 10.2 Å². The molecule has 0 saturated carbocycles. The van der Waals surface area contributed by atoms with E-state index in [-0.39, 0.29) is 11.6 Å². The summed E-state index contributed by atoms with van der Waals surface area (Å²) in [6.45, 7) is 4.72. The topological polar surface area (TPSA) is 44.9 Å². The number of nitrogens with one attached hydrogen (secondary N) is 1. The summed E-state index contributed by atoms with van der Waals surface area (Å²) in [6, 6.07) is 98.3. The summed E-state index contributed by atoms with van der Waals surface area (Å²) in [5, 5.41) is 6.04. The summed E-state index contributed by atoms with van der Waals surface area (Å²) in [4.78, 5) is 12.8. The van der Waals surface area contributed by atoms with Crippen molar-refractivity contribution in [3.63, 3.8) is 0 Å². The van der Waals surface area contributed by atoms with Crippen LogP contribution in [0, 0.1) is 0 Å². The molecule has 1 aromatic heterocycles. The highest BCUT2D eigenvalue weighted by Crippen LogP contribution is 2.51. The van der Waals surface area contributed by atoms with Crippen LogP contribution in [0.1, 0.15) is 47.8 Å². The Balaban J connectivity index is 0.883. The Bertz CT molecular complexity index is 4130. The molecule has 0 amide bonds. The highest BCUT2D eigenvalue weighted by Gasteiger charge is 2.36. The zero-order chi connectivity index (χ0) is 51.5. The smallest absolute Gasteiger partial charge is 0.159 e. The molecule has 1 aliphatic carbocycles. The number of amidine groups is 2. The largest absolute Gasteiger partial charge is 0.344 e. The van der Waals surface area contributed by atoms with Gasteiger partial charge in [0.15, 0.2) is 5.84 Å². The van der Waals surface area contributed by atoms with E-state index < -0.39 is 0 Å². The molecule has 1 atom stereocenters. The average Bonchev–Trinajstić information content (AvgIpc) is 4.05. The lowest BCUT2D eigenvalue weighted by Crippen LogP contribution is -2.33. The first-order valence-electron chi connectivity index (χ1n) is 26.5. The van der Waals surface area contributed by atoms with Crippen LogP contribution in [-0.2, 0) is 5.41 Å². The number of aliphatic imine (C=N–C) groups is 2. The fourth-order valence-corrected chi connectivity index (χ4v) is 11.7. The number of aromatic nitrogens is 1. The molecule has 5 heteroatoms. The molecule has 14 rings (SSSR count). The van der Waals surface area contributed by atoms with E-state index in [0.717, 1.165) is 61.9 Å². The van der Waals surface area contributed by atoms with Gasteiger partial charge in [0.2, 0.25) is 0 Å². The Kier molecular flexibility index (Phi) is 11.2. The van der Waals surface area contributed by atoms with E-state index in [4.69, 9.17) is 9.98 Å². The molecular weight excluding hydrogens is 935 g/mol. The molecule has 1 aliphatic heterocycles. The third-order valence-electron chi connectivity index (χ3n) is 15.7. The van der Waals surface area contributed by atoms with Crippen molar-refractivity contribution in [1.29, 1.82) is 0 Å². The molecule has 77 heavy (non-hydrogen) atoms. The molecule has 0 fully saturated rings. The van der Waals surface area contributed by atoms with E-state index in [1.54, 1.807) is 0 Å². The number of fused-ring (bicyclic) bond motifs is 6. The van der Waals surface area contributed by atoms with Crippen molar-refractivity contribution in [2.45, 2.75) is 25.4 Å². The minimum Gasteiger partial charge on any atom is -0.344 e. The fraction of sp³-hybridized carbons (Fsp3) is 0.0556. The van der Waals surface area contributed by atoms with Crippen LogP contribution in [0.3, 0.4) is 0 Å². The lowest BCUT2D eigenvalue weighted by Gasteiger charge is -2.26. The first-order valence-corrected chi connectivity index (χ1v) is 26.5. The molecule has 2 aliphatic rings. The summed E-state index contributed by atoms with van der Waals surface area (Å²) in [5.41, 5.74) is 21.9. The molecule has 0 saturated heterocycles. The van der Waals surface area contributed by atoms with E-state index in [2.05, 4.69) is 289 Å². The van der Waals surface area contributed by atoms with Gasteiger partial charge >= 0.3 is 0 Å². The van der Waals surface area contributed by atoms with E-state index >= 15 is 0 Å². The zero-order valence-corrected chi connectivity index (χ0v) is 42.8. The molecule has 0 spiro atoms. The minimum absolute atomic E-state index is 0.170. The highest BCUT2D eigenvalue weighted by molar-refractivity contribution is 6.15. The standard InChI is InChI=1S/C72H53N5/c1-72(2)65-29-16-15-28-61(65)62-46-64-63-45-55(52-34-41-59(42-35-52)76(57-37-30-50(31-38-57)48-18-7-3-8-19-48)58-39-32-51(33-40-58)49-20-9-4-10-21-49)36-43-67(63)77(68(64)47-66(62)72)60-27-17-26-56(44-60)71-74-69(53-22-11-5-12-23-53)73-70(75-71)54-24-13-6-14-25-54/h3-47,69H,1-2H3,(H,73,74,75). The van der Waals surface area contributed by atoms with Crippen LogP contribution in [0.4, 0.5) is 17.1 Å². The number of hydrogen-bond donors (Lipinski definition) is 1. The second kappa shape index (κ2) is 18.8. The van der Waals surface area contributed by atoms with Crippen LogP contribution in [0.5, 0.6) is 0 Å². The van der Waals surface area contributed by atoms with Gasteiger partial charge in [-0.05, 0) is 134 Å². The maximum absolute atomic E-state index is 5.27. The monoisotopic (exact) mass is 987 g/mol. The lowest BCUT2D eigenvalue weighted by molar-refractivity contribution is 0.661. The second-order valence-electron chi connectivity index (χ2n) is 20.6. The van der Waals surface area contributed by atoms with Crippen molar-refractivity contribution < 1.29 is 0 Å². The van der Waals surface area contributed by atoms with Crippen molar-refractivity contribution in [2.24, 2.45) is 9.98 Å². The third kappa shape index (κ3) is 8.21. The van der Waals surface area contributed by atoms with Gasteiger partial charge in [-0.2, -0.15) is 0 Å². The Morgan fingerprint density at radius 1 is 0.390 bits per heavy atom. The summed E-state index contributed by atoms with van der Waals surface area (Å²) >= 11 is 0. The summed E-state index contributed by atoms with van der Waals surface area (Å²) in [6.07, 6.45) is -0.296. The van der Waals surface area contributed by atoms with Crippen LogP contribution >= 0.6 is 0 Å². The molecule has 5 nitrogen and oxygen atoms in total. The molecule has 12 aromatic rings. The number of hydrogen-bond acceptors (Lipinski definition) is 4. The van der Waals surface area contributed by atoms with Gasteiger partial charge in [0.05, 0.1) is 11.0 Å². The number of benzene rings is 11. The maximum Gasteiger partial charge on any atom is 0.159 e. The Morgan fingerprint density at radius 2 is 0.883 bits per heavy atom. The zero-order valence-electron chi connectivity index (χ0n) is 42.8. The quantitative estimate of drug-likeness (QED) is 0.148. The predicted molar refractivity (Wildman–Crippen MR) is 321 cm³/mol. The van der Waals surface area contributed by atoms with Crippen molar-refractivity contribution >= 4 is 50.5 Å². The number of rotatable bonds is 10.